The number of benzene rings is 1. The summed E-state index contributed by atoms with van der Waals surface area (Å²) < 4.78 is 38.7. The molecule has 2 heterocycles. The first kappa shape index (κ1) is 25.0. The first-order valence-electron chi connectivity index (χ1n) is 13.2. The van der Waals surface area contributed by atoms with Gasteiger partial charge in [0.15, 0.2) is 5.82 Å². The number of rotatable bonds is 11. The van der Waals surface area contributed by atoms with E-state index in [1.807, 2.05) is 0 Å². The largest absolute Gasteiger partial charge is 0.493 e. The van der Waals surface area contributed by atoms with Crippen LogP contribution in [0.5, 0.6) is 5.75 Å². The second-order valence-electron chi connectivity index (χ2n) is 11.1. The van der Waals surface area contributed by atoms with E-state index in [-0.39, 0.29) is 18.2 Å². The predicted molar refractivity (Wildman–Crippen MR) is 131 cm³/mol. The molecule has 5 rings (SSSR count). The van der Waals surface area contributed by atoms with Crippen molar-refractivity contribution in [3.63, 3.8) is 0 Å². The van der Waals surface area contributed by atoms with Crippen molar-refractivity contribution in [3.8, 4) is 5.75 Å². The van der Waals surface area contributed by atoms with E-state index < -0.39 is 18.0 Å². The molecule has 1 aliphatic heterocycles. The van der Waals surface area contributed by atoms with E-state index in [0.29, 0.717) is 48.6 Å². The van der Waals surface area contributed by atoms with Crippen LogP contribution in [0.25, 0.3) is 0 Å². The number of carbonyl (C=O) groups is 1. The Morgan fingerprint density at radius 3 is 2.72 bits per heavy atom. The number of hydrogen-bond acceptors (Lipinski definition) is 6. The SMILES string of the molecule is CC(C)c1noc(N2CCC(C3CC3CCOc3ccc(CC(=O)NC4(CF)CC4)c(F)c3)CC2)n1. The Kier molecular flexibility index (Phi) is 7.17. The number of ether oxygens (including phenoxy) is 1. The van der Waals surface area contributed by atoms with Crippen LogP contribution >= 0.6 is 0 Å². The number of amides is 1. The zero-order valence-corrected chi connectivity index (χ0v) is 21.1. The van der Waals surface area contributed by atoms with Crippen molar-refractivity contribution in [2.75, 3.05) is 31.3 Å². The minimum absolute atomic E-state index is 0.0954. The minimum atomic E-state index is -0.708. The number of hydrogen-bond donors (Lipinski definition) is 1. The third kappa shape index (κ3) is 5.81. The van der Waals surface area contributed by atoms with E-state index >= 15 is 0 Å². The van der Waals surface area contributed by atoms with Crippen molar-refractivity contribution in [1.82, 2.24) is 15.5 Å². The van der Waals surface area contributed by atoms with Gasteiger partial charge in [0.2, 0.25) is 5.91 Å². The maximum Gasteiger partial charge on any atom is 0.324 e. The molecule has 7 nitrogen and oxygen atoms in total. The standard InChI is InChI=1S/C27H36F2N4O3/c1-17(2)25-30-26(36-32-25)33-10-5-18(6-11-33)22-13-19(22)7-12-35-21-4-3-20(23(29)15-21)14-24(34)31-27(16-28)8-9-27/h3-4,15,17-19,22H,5-14,16H2,1-2H3,(H,31,34). The van der Waals surface area contributed by atoms with Crippen LogP contribution in [0.1, 0.15) is 69.7 Å². The summed E-state index contributed by atoms with van der Waals surface area (Å²) in [5.74, 6) is 2.80. The fourth-order valence-electron chi connectivity index (χ4n) is 5.33. The summed E-state index contributed by atoms with van der Waals surface area (Å²) in [6.07, 6.45) is 5.65. The molecule has 2 unspecified atom stereocenters. The zero-order valence-electron chi connectivity index (χ0n) is 21.1. The summed E-state index contributed by atoms with van der Waals surface area (Å²) in [6, 6.07) is 5.27. The van der Waals surface area contributed by atoms with Crippen LogP contribution in [-0.2, 0) is 11.2 Å². The fourth-order valence-corrected chi connectivity index (χ4v) is 5.33. The van der Waals surface area contributed by atoms with Crippen LogP contribution in [0.4, 0.5) is 14.8 Å². The van der Waals surface area contributed by atoms with Gasteiger partial charge in [-0.1, -0.05) is 25.1 Å². The van der Waals surface area contributed by atoms with E-state index in [0.717, 1.165) is 44.1 Å². The lowest BCUT2D eigenvalue weighted by molar-refractivity contribution is -0.121. The minimum Gasteiger partial charge on any atom is -0.493 e. The molecule has 2 aliphatic carbocycles. The first-order valence-corrected chi connectivity index (χ1v) is 13.2. The summed E-state index contributed by atoms with van der Waals surface area (Å²) in [5.41, 5.74) is -0.413. The van der Waals surface area contributed by atoms with Crippen molar-refractivity contribution < 1.29 is 22.8 Å². The highest BCUT2D eigenvalue weighted by molar-refractivity contribution is 5.80. The molecule has 3 fully saturated rings. The molecule has 0 spiro atoms. The molecule has 36 heavy (non-hydrogen) atoms. The van der Waals surface area contributed by atoms with Gasteiger partial charge in [0, 0.05) is 25.1 Å². The third-order valence-corrected chi connectivity index (χ3v) is 7.99. The lowest BCUT2D eigenvalue weighted by Gasteiger charge is -2.30. The number of aromatic nitrogens is 2. The van der Waals surface area contributed by atoms with Crippen LogP contribution < -0.4 is 15.0 Å². The van der Waals surface area contributed by atoms with Gasteiger partial charge < -0.3 is 19.5 Å². The van der Waals surface area contributed by atoms with Gasteiger partial charge in [-0.05, 0) is 67.9 Å². The molecule has 2 saturated carbocycles. The van der Waals surface area contributed by atoms with Gasteiger partial charge in [0.05, 0.1) is 18.6 Å². The van der Waals surface area contributed by atoms with Gasteiger partial charge in [-0.25, -0.2) is 8.78 Å². The first-order chi connectivity index (χ1) is 17.4. The molecular formula is C27H36F2N4O3. The summed E-state index contributed by atoms with van der Waals surface area (Å²) in [5, 5.41) is 6.76. The van der Waals surface area contributed by atoms with Gasteiger partial charge in [-0.2, -0.15) is 4.98 Å². The maximum atomic E-state index is 14.5. The highest BCUT2D eigenvalue weighted by Crippen LogP contribution is 2.50. The molecule has 1 N–H and O–H groups in total. The van der Waals surface area contributed by atoms with Gasteiger partial charge in [0.1, 0.15) is 18.2 Å². The number of carbonyl (C=O) groups excluding carboxylic acids is 1. The van der Waals surface area contributed by atoms with E-state index in [4.69, 9.17) is 9.26 Å². The third-order valence-electron chi connectivity index (χ3n) is 7.99. The number of halogens is 2. The Morgan fingerprint density at radius 2 is 2.08 bits per heavy atom. The van der Waals surface area contributed by atoms with Gasteiger partial charge in [0.25, 0.3) is 0 Å². The molecule has 1 amide bonds. The Labute approximate surface area is 211 Å². The lowest BCUT2D eigenvalue weighted by atomic mass is 9.90. The fraction of sp³-hybridized carbons (Fsp3) is 0.667. The molecule has 3 aliphatic rings. The number of piperidine rings is 1. The Bertz CT molecular complexity index is 1060. The molecule has 0 bridgehead atoms. The molecule has 1 aromatic heterocycles. The van der Waals surface area contributed by atoms with E-state index in [1.165, 1.54) is 12.5 Å². The number of alkyl halides is 1. The second-order valence-corrected chi connectivity index (χ2v) is 11.1. The van der Waals surface area contributed by atoms with Crippen molar-refractivity contribution in [2.45, 2.75) is 70.3 Å². The van der Waals surface area contributed by atoms with Crippen LogP contribution in [0, 0.1) is 23.6 Å². The van der Waals surface area contributed by atoms with Crippen LogP contribution in [0.15, 0.2) is 22.7 Å². The monoisotopic (exact) mass is 502 g/mol. The van der Waals surface area contributed by atoms with Crippen LogP contribution in [0.3, 0.4) is 0 Å². The highest BCUT2D eigenvalue weighted by Gasteiger charge is 2.44. The molecule has 1 aromatic carbocycles. The summed E-state index contributed by atoms with van der Waals surface area (Å²) in [7, 11) is 0. The Balaban J connectivity index is 1.01. The average molecular weight is 503 g/mol. The van der Waals surface area contributed by atoms with Gasteiger partial charge >= 0.3 is 6.01 Å². The Morgan fingerprint density at radius 1 is 1.31 bits per heavy atom. The van der Waals surface area contributed by atoms with Crippen molar-refractivity contribution >= 4 is 11.9 Å². The number of nitrogens with one attached hydrogen (secondary N) is 1. The van der Waals surface area contributed by atoms with Crippen molar-refractivity contribution in [1.29, 1.82) is 0 Å². The quantitative estimate of drug-likeness (QED) is 0.475. The van der Waals surface area contributed by atoms with Crippen molar-refractivity contribution in [3.05, 3.63) is 35.4 Å². The summed E-state index contributed by atoms with van der Waals surface area (Å²) in [6.45, 7) is 5.99. The molecular weight excluding hydrogens is 466 g/mol. The topological polar surface area (TPSA) is 80.5 Å². The molecule has 9 heteroatoms. The maximum absolute atomic E-state index is 14.5. The van der Waals surface area contributed by atoms with Crippen LogP contribution in [0.2, 0.25) is 0 Å². The Hall–Kier alpha value is -2.71. The van der Waals surface area contributed by atoms with E-state index in [9.17, 15) is 13.6 Å². The van der Waals surface area contributed by atoms with Gasteiger partial charge in [-0.15, -0.1) is 0 Å². The number of anilines is 1. The zero-order chi connectivity index (χ0) is 25.3. The van der Waals surface area contributed by atoms with Crippen molar-refractivity contribution in [2.24, 2.45) is 17.8 Å². The molecule has 2 atom stereocenters. The number of nitrogens with zero attached hydrogens (tertiary/aromatic N) is 3. The molecule has 196 valence electrons. The van der Waals surface area contributed by atoms with E-state index in [1.54, 1.807) is 12.1 Å². The predicted octanol–water partition coefficient (Wildman–Crippen LogP) is 4.81. The normalized spacial score (nSPS) is 23.1. The summed E-state index contributed by atoms with van der Waals surface area (Å²) in [4.78, 5) is 18.8. The van der Waals surface area contributed by atoms with E-state index in [2.05, 4.69) is 34.2 Å². The van der Waals surface area contributed by atoms with Gasteiger partial charge in [-0.3, -0.25) is 4.79 Å². The van der Waals surface area contributed by atoms with Crippen LogP contribution in [-0.4, -0.2) is 48.0 Å². The molecule has 0 radical (unpaired) electrons. The average Bonchev–Trinajstić information content (AvgIpc) is 3.76. The smallest absolute Gasteiger partial charge is 0.324 e. The second kappa shape index (κ2) is 10.3. The highest BCUT2D eigenvalue weighted by atomic mass is 19.1. The molecule has 1 saturated heterocycles. The summed E-state index contributed by atoms with van der Waals surface area (Å²) >= 11 is 0. The molecule has 2 aromatic rings. The lowest BCUT2D eigenvalue weighted by Crippen LogP contribution is -2.39.